The number of hydrogen-bond acceptors (Lipinski definition) is 6. The molecule has 0 saturated carbocycles. The normalized spacial score (nSPS) is 12.8. The number of Topliss-reactive ketones (excluding diaryl/α,β-unsaturated/α-hetero) is 1. The highest BCUT2D eigenvalue weighted by Crippen LogP contribution is 2.36. The summed E-state index contributed by atoms with van der Waals surface area (Å²) in [6.07, 6.45) is 2.67. The van der Waals surface area contributed by atoms with Crippen LogP contribution >= 0.6 is 11.3 Å². The lowest BCUT2D eigenvalue weighted by atomic mass is 10.1. The molecule has 0 fully saturated rings. The Labute approximate surface area is 133 Å². The van der Waals surface area contributed by atoms with Crippen molar-refractivity contribution in [2.24, 2.45) is 0 Å². The Morgan fingerprint density at radius 2 is 1.82 bits per heavy atom. The lowest BCUT2D eigenvalue weighted by Gasteiger charge is -2.06. The third-order valence-corrected chi connectivity index (χ3v) is 4.77. The summed E-state index contributed by atoms with van der Waals surface area (Å²) in [6.45, 7) is 4.02. The number of ketones is 1. The second-order valence-electron chi connectivity index (χ2n) is 5.07. The minimum absolute atomic E-state index is 0.0879. The summed E-state index contributed by atoms with van der Waals surface area (Å²) in [7, 11) is 0. The van der Waals surface area contributed by atoms with Gasteiger partial charge in [-0.25, -0.2) is 4.79 Å². The van der Waals surface area contributed by atoms with Crippen LogP contribution in [0.15, 0.2) is 0 Å². The second kappa shape index (κ2) is 7.54. The van der Waals surface area contributed by atoms with Crippen molar-refractivity contribution in [2.75, 3.05) is 13.2 Å². The number of thiophene rings is 1. The molecule has 0 unspecified atom stereocenters. The van der Waals surface area contributed by atoms with Crippen molar-refractivity contribution in [3.8, 4) is 0 Å². The summed E-state index contributed by atoms with van der Waals surface area (Å²) >= 11 is 1.50. The number of ether oxygens (including phenoxy) is 2. The molecule has 0 amide bonds. The Bertz CT molecular complexity index is 588. The van der Waals surface area contributed by atoms with Gasteiger partial charge < -0.3 is 9.47 Å². The third-order valence-electron chi connectivity index (χ3n) is 3.48. The number of carbonyl (C=O) groups excluding carboxylic acids is 3. The van der Waals surface area contributed by atoms with Gasteiger partial charge in [0.2, 0.25) is 0 Å². The summed E-state index contributed by atoms with van der Waals surface area (Å²) in [5.41, 5.74) is 1.58. The largest absolute Gasteiger partial charge is 0.466 e. The van der Waals surface area contributed by atoms with Crippen LogP contribution in [0, 0.1) is 0 Å². The Kier molecular flexibility index (Phi) is 5.71. The molecule has 0 N–H and O–H groups in total. The molecule has 2 rings (SSSR count). The molecule has 0 aromatic carbocycles. The van der Waals surface area contributed by atoms with Gasteiger partial charge in [-0.3, -0.25) is 9.59 Å². The Balaban J connectivity index is 2.15. The molecule has 6 heteroatoms. The standard InChI is InChI=1S/C16H20O5S/c1-3-20-14(18)9-10(17)8-13-15(16(19)21-4-2)11-6-5-7-12(11)22-13/h3-9H2,1-2H3. The predicted molar refractivity (Wildman–Crippen MR) is 82.3 cm³/mol. The van der Waals surface area contributed by atoms with Crippen molar-refractivity contribution in [3.63, 3.8) is 0 Å². The molecule has 5 nitrogen and oxygen atoms in total. The topological polar surface area (TPSA) is 69.7 Å². The summed E-state index contributed by atoms with van der Waals surface area (Å²) < 4.78 is 9.90. The molecule has 1 aliphatic rings. The van der Waals surface area contributed by atoms with E-state index in [1.54, 1.807) is 13.8 Å². The number of esters is 2. The highest BCUT2D eigenvalue weighted by Gasteiger charge is 2.28. The maximum atomic E-state index is 12.2. The van der Waals surface area contributed by atoms with E-state index in [4.69, 9.17) is 9.47 Å². The van der Waals surface area contributed by atoms with Gasteiger partial charge in [0.25, 0.3) is 0 Å². The van der Waals surface area contributed by atoms with Gasteiger partial charge in [0.1, 0.15) is 12.2 Å². The zero-order valence-corrected chi connectivity index (χ0v) is 13.7. The van der Waals surface area contributed by atoms with E-state index in [-0.39, 0.29) is 31.2 Å². The average molecular weight is 324 g/mol. The smallest absolute Gasteiger partial charge is 0.339 e. The number of fused-ring (bicyclic) bond motifs is 1. The first kappa shape index (κ1) is 16.7. The van der Waals surface area contributed by atoms with Gasteiger partial charge in [-0.15, -0.1) is 11.3 Å². The van der Waals surface area contributed by atoms with Crippen molar-refractivity contribution < 1.29 is 23.9 Å². The fraction of sp³-hybridized carbons (Fsp3) is 0.562. The second-order valence-corrected chi connectivity index (χ2v) is 6.26. The zero-order chi connectivity index (χ0) is 16.1. The fourth-order valence-electron chi connectivity index (χ4n) is 2.64. The first-order valence-corrected chi connectivity index (χ1v) is 8.36. The maximum Gasteiger partial charge on any atom is 0.339 e. The molecule has 120 valence electrons. The molecule has 0 bridgehead atoms. The van der Waals surface area contributed by atoms with Crippen LogP contribution in [-0.4, -0.2) is 30.9 Å². The van der Waals surface area contributed by atoms with E-state index in [1.807, 2.05) is 0 Å². The van der Waals surface area contributed by atoms with Crippen LogP contribution in [0.1, 0.15) is 52.4 Å². The van der Waals surface area contributed by atoms with Crippen LogP contribution in [0.3, 0.4) is 0 Å². The van der Waals surface area contributed by atoms with Gasteiger partial charge in [0.15, 0.2) is 0 Å². The highest BCUT2D eigenvalue weighted by molar-refractivity contribution is 7.12. The predicted octanol–water partition coefficient (Wildman–Crippen LogP) is 2.48. The summed E-state index contributed by atoms with van der Waals surface area (Å²) in [4.78, 5) is 37.4. The zero-order valence-electron chi connectivity index (χ0n) is 12.9. The minimum atomic E-state index is -0.519. The SMILES string of the molecule is CCOC(=O)CC(=O)Cc1sc2c(c1C(=O)OCC)CCC2. The Hall–Kier alpha value is -1.69. The van der Waals surface area contributed by atoms with E-state index < -0.39 is 5.97 Å². The number of rotatable bonds is 7. The van der Waals surface area contributed by atoms with E-state index in [0.717, 1.165) is 29.7 Å². The van der Waals surface area contributed by atoms with Crippen LogP contribution in [0.2, 0.25) is 0 Å². The maximum absolute atomic E-state index is 12.2. The van der Waals surface area contributed by atoms with E-state index in [9.17, 15) is 14.4 Å². The van der Waals surface area contributed by atoms with Crippen molar-refractivity contribution in [3.05, 3.63) is 20.9 Å². The molecule has 22 heavy (non-hydrogen) atoms. The molecule has 0 spiro atoms. The van der Waals surface area contributed by atoms with Crippen molar-refractivity contribution >= 4 is 29.1 Å². The van der Waals surface area contributed by atoms with Crippen LogP contribution in [0.4, 0.5) is 0 Å². The third kappa shape index (κ3) is 3.74. The minimum Gasteiger partial charge on any atom is -0.466 e. The molecule has 0 aliphatic heterocycles. The lowest BCUT2D eigenvalue weighted by Crippen LogP contribution is -2.15. The lowest BCUT2D eigenvalue weighted by molar-refractivity contribution is -0.145. The first-order valence-electron chi connectivity index (χ1n) is 7.54. The molecule has 1 heterocycles. The Morgan fingerprint density at radius 3 is 2.50 bits per heavy atom. The molecule has 0 atom stereocenters. The van der Waals surface area contributed by atoms with Crippen molar-refractivity contribution in [1.82, 2.24) is 0 Å². The summed E-state index contributed by atoms with van der Waals surface area (Å²) in [6, 6.07) is 0. The van der Waals surface area contributed by atoms with Crippen LogP contribution in [-0.2, 0) is 38.3 Å². The van der Waals surface area contributed by atoms with Crippen LogP contribution < -0.4 is 0 Å². The molecule has 1 aromatic rings. The number of carbonyl (C=O) groups is 3. The molecule has 1 aliphatic carbocycles. The van der Waals surface area contributed by atoms with E-state index >= 15 is 0 Å². The summed E-state index contributed by atoms with van der Waals surface area (Å²) in [5, 5.41) is 0. The molecular weight excluding hydrogens is 304 g/mol. The van der Waals surface area contributed by atoms with Gasteiger partial charge in [-0.1, -0.05) is 0 Å². The van der Waals surface area contributed by atoms with Gasteiger partial charge in [-0.2, -0.15) is 0 Å². The highest BCUT2D eigenvalue weighted by atomic mass is 32.1. The van der Waals surface area contributed by atoms with Crippen LogP contribution in [0.5, 0.6) is 0 Å². The quantitative estimate of drug-likeness (QED) is 0.569. The van der Waals surface area contributed by atoms with Gasteiger partial charge >= 0.3 is 11.9 Å². The van der Waals surface area contributed by atoms with E-state index in [2.05, 4.69) is 0 Å². The Morgan fingerprint density at radius 1 is 1.09 bits per heavy atom. The fourth-order valence-corrected chi connectivity index (χ4v) is 4.05. The van der Waals surface area contributed by atoms with Crippen molar-refractivity contribution in [1.29, 1.82) is 0 Å². The molecular formula is C16H20O5S. The monoisotopic (exact) mass is 324 g/mol. The van der Waals surface area contributed by atoms with Crippen molar-refractivity contribution in [2.45, 2.75) is 46.0 Å². The van der Waals surface area contributed by atoms with Gasteiger partial charge in [0.05, 0.1) is 18.8 Å². The first-order chi connectivity index (χ1) is 10.6. The average Bonchev–Trinajstić information content (AvgIpc) is 2.98. The number of hydrogen-bond donors (Lipinski definition) is 0. The van der Waals surface area contributed by atoms with Gasteiger partial charge in [0, 0.05) is 16.2 Å². The van der Waals surface area contributed by atoms with Crippen LogP contribution in [0.25, 0.3) is 0 Å². The van der Waals surface area contributed by atoms with E-state index in [1.165, 1.54) is 16.2 Å². The molecule has 1 aromatic heterocycles. The van der Waals surface area contributed by atoms with E-state index in [0.29, 0.717) is 12.2 Å². The summed E-state index contributed by atoms with van der Waals surface area (Å²) in [5.74, 6) is -1.11. The number of aryl methyl sites for hydroxylation is 1. The van der Waals surface area contributed by atoms with Gasteiger partial charge in [-0.05, 0) is 38.7 Å². The molecule has 0 radical (unpaired) electrons. The molecule has 0 saturated heterocycles.